The van der Waals surface area contributed by atoms with Crippen molar-refractivity contribution in [3.63, 3.8) is 0 Å². The van der Waals surface area contributed by atoms with Crippen molar-refractivity contribution >= 4 is 16.9 Å². The number of carbonyl (C=O) groups is 1. The number of benzene rings is 1. The van der Waals surface area contributed by atoms with Gasteiger partial charge in [0, 0.05) is 18.0 Å². The lowest BCUT2D eigenvalue weighted by Gasteiger charge is -1.99. The van der Waals surface area contributed by atoms with Crippen LogP contribution in [0, 0.1) is 0 Å². The first-order valence-electron chi connectivity index (χ1n) is 4.69. The lowest BCUT2D eigenvalue weighted by molar-refractivity contribution is 0.0945. The van der Waals surface area contributed by atoms with Gasteiger partial charge < -0.3 is 0 Å². The summed E-state index contributed by atoms with van der Waals surface area (Å²) in [4.78, 5) is 11.9. The van der Waals surface area contributed by atoms with Gasteiger partial charge in [0.05, 0.1) is 0 Å². The first-order chi connectivity index (χ1) is 7.84. The molecule has 0 aliphatic carbocycles. The third kappa shape index (κ3) is 1.28. The predicted molar refractivity (Wildman–Crippen MR) is 55.8 cm³/mol. The molecule has 2 heterocycles. The smallest absolute Gasteiger partial charge is 0.267 e. The Labute approximate surface area is 89.9 Å². The van der Waals surface area contributed by atoms with Crippen LogP contribution in [0.5, 0.6) is 0 Å². The summed E-state index contributed by atoms with van der Waals surface area (Å²) >= 11 is 0. The summed E-state index contributed by atoms with van der Waals surface area (Å²) in [6.07, 6.45) is 3.17. The van der Waals surface area contributed by atoms with E-state index in [9.17, 15) is 4.79 Å². The Bertz CT molecular complexity index is 640. The van der Waals surface area contributed by atoms with Crippen LogP contribution >= 0.6 is 0 Å². The third-order valence-corrected chi connectivity index (χ3v) is 2.28. The van der Waals surface area contributed by atoms with E-state index in [1.165, 1.54) is 4.68 Å². The molecule has 3 rings (SSSR count). The molecule has 0 aliphatic rings. The maximum Gasteiger partial charge on any atom is 0.278 e. The van der Waals surface area contributed by atoms with E-state index < -0.39 is 0 Å². The fraction of sp³-hybridized carbons (Fsp3) is 0. The number of H-pyrrole nitrogens is 1. The molecule has 0 saturated carbocycles. The van der Waals surface area contributed by atoms with E-state index in [1.54, 1.807) is 36.7 Å². The highest BCUT2D eigenvalue weighted by molar-refractivity contribution is 5.98. The van der Waals surface area contributed by atoms with Gasteiger partial charge in [0.15, 0.2) is 0 Å². The minimum atomic E-state index is -0.185. The Morgan fingerprint density at radius 3 is 2.94 bits per heavy atom. The predicted octanol–water partition coefficient (Wildman–Crippen LogP) is 0.843. The number of rotatable bonds is 1. The van der Waals surface area contributed by atoms with Gasteiger partial charge in [-0.2, -0.15) is 20.5 Å². The Kier molecular flexibility index (Phi) is 1.79. The van der Waals surface area contributed by atoms with Crippen molar-refractivity contribution in [1.82, 2.24) is 25.2 Å². The highest BCUT2D eigenvalue weighted by Gasteiger charge is 2.09. The molecule has 0 aliphatic heterocycles. The number of fused-ring (bicyclic) bond motifs is 1. The van der Waals surface area contributed by atoms with Crippen LogP contribution in [-0.4, -0.2) is 31.1 Å². The highest BCUT2D eigenvalue weighted by Crippen LogP contribution is 2.11. The van der Waals surface area contributed by atoms with Crippen molar-refractivity contribution in [1.29, 1.82) is 0 Å². The summed E-state index contributed by atoms with van der Waals surface area (Å²) in [5.41, 5.74) is 1.93. The fourth-order valence-electron chi connectivity index (χ4n) is 1.49. The van der Waals surface area contributed by atoms with Gasteiger partial charge in [-0.05, 0) is 24.3 Å². The number of aromatic amines is 1. The standard InChI is InChI=1S/C10H7N5O/c16-10(15-5-1-4-11-15)7-2-3-8-9(6-7)13-14-12-8/h1-6H,(H,12,13,14). The Balaban J connectivity index is 2.09. The van der Waals surface area contributed by atoms with Crippen molar-refractivity contribution < 1.29 is 4.79 Å². The molecule has 0 amide bonds. The zero-order valence-electron chi connectivity index (χ0n) is 8.16. The fourth-order valence-corrected chi connectivity index (χ4v) is 1.49. The third-order valence-electron chi connectivity index (χ3n) is 2.28. The van der Waals surface area contributed by atoms with Crippen LogP contribution in [-0.2, 0) is 0 Å². The van der Waals surface area contributed by atoms with Crippen molar-refractivity contribution in [3.05, 3.63) is 42.2 Å². The quantitative estimate of drug-likeness (QED) is 0.649. The second kappa shape index (κ2) is 3.27. The molecule has 0 fully saturated rings. The molecule has 0 atom stereocenters. The molecule has 1 N–H and O–H groups in total. The summed E-state index contributed by atoms with van der Waals surface area (Å²) in [6, 6.07) is 6.83. The first kappa shape index (κ1) is 8.78. The zero-order valence-corrected chi connectivity index (χ0v) is 8.16. The minimum absolute atomic E-state index is 0.185. The molecule has 2 aromatic heterocycles. The van der Waals surface area contributed by atoms with Crippen LogP contribution in [0.15, 0.2) is 36.7 Å². The molecular weight excluding hydrogens is 206 g/mol. The van der Waals surface area contributed by atoms with Gasteiger partial charge in [0.1, 0.15) is 11.0 Å². The number of nitrogens with one attached hydrogen (secondary N) is 1. The van der Waals surface area contributed by atoms with Gasteiger partial charge in [-0.1, -0.05) is 0 Å². The zero-order chi connectivity index (χ0) is 11.0. The molecule has 16 heavy (non-hydrogen) atoms. The van der Waals surface area contributed by atoms with Crippen molar-refractivity contribution in [2.45, 2.75) is 0 Å². The largest absolute Gasteiger partial charge is 0.278 e. The monoisotopic (exact) mass is 213 g/mol. The second-order valence-corrected chi connectivity index (χ2v) is 3.28. The normalized spacial score (nSPS) is 10.8. The number of hydrogen-bond acceptors (Lipinski definition) is 4. The molecule has 0 radical (unpaired) electrons. The van der Waals surface area contributed by atoms with E-state index in [0.717, 1.165) is 5.52 Å². The van der Waals surface area contributed by atoms with Gasteiger partial charge in [-0.15, -0.1) is 0 Å². The van der Waals surface area contributed by atoms with Crippen LogP contribution in [0.1, 0.15) is 10.4 Å². The Hall–Kier alpha value is -2.50. The summed E-state index contributed by atoms with van der Waals surface area (Å²) < 4.78 is 1.28. The minimum Gasteiger partial charge on any atom is -0.267 e. The molecule has 0 saturated heterocycles. The van der Waals surface area contributed by atoms with Crippen molar-refractivity contribution in [2.24, 2.45) is 0 Å². The molecule has 0 unspecified atom stereocenters. The van der Waals surface area contributed by atoms with E-state index in [2.05, 4.69) is 20.5 Å². The van der Waals surface area contributed by atoms with Gasteiger partial charge in [0.2, 0.25) is 0 Å². The molecule has 6 nitrogen and oxygen atoms in total. The average molecular weight is 213 g/mol. The Morgan fingerprint density at radius 1 is 1.25 bits per heavy atom. The van der Waals surface area contributed by atoms with Gasteiger partial charge in [0.25, 0.3) is 5.91 Å². The second-order valence-electron chi connectivity index (χ2n) is 3.28. The lowest BCUT2D eigenvalue weighted by Crippen LogP contribution is -2.12. The van der Waals surface area contributed by atoms with Crippen LogP contribution in [0.4, 0.5) is 0 Å². The lowest BCUT2D eigenvalue weighted by atomic mass is 10.2. The van der Waals surface area contributed by atoms with Crippen LogP contribution in [0.3, 0.4) is 0 Å². The van der Waals surface area contributed by atoms with E-state index in [-0.39, 0.29) is 5.91 Å². The van der Waals surface area contributed by atoms with Crippen molar-refractivity contribution in [2.75, 3.05) is 0 Å². The molecule has 3 aromatic rings. The van der Waals surface area contributed by atoms with Crippen molar-refractivity contribution in [3.8, 4) is 0 Å². The number of nitrogens with zero attached hydrogens (tertiary/aromatic N) is 4. The van der Waals surface area contributed by atoms with Gasteiger partial charge >= 0.3 is 0 Å². The van der Waals surface area contributed by atoms with E-state index in [4.69, 9.17) is 0 Å². The van der Waals surface area contributed by atoms with E-state index in [0.29, 0.717) is 11.1 Å². The van der Waals surface area contributed by atoms with Crippen LogP contribution in [0.25, 0.3) is 11.0 Å². The topological polar surface area (TPSA) is 76.5 Å². The van der Waals surface area contributed by atoms with Crippen LogP contribution in [0.2, 0.25) is 0 Å². The molecule has 6 heteroatoms. The molecule has 0 spiro atoms. The SMILES string of the molecule is O=C(c1ccc2n[nH]nc2c1)n1cccn1. The number of hydrogen-bond donors (Lipinski definition) is 1. The van der Waals surface area contributed by atoms with E-state index >= 15 is 0 Å². The molecule has 1 aromatic carbocycles. The highest BCUT2D eigenvalue weighted by atomic mass is 16.2. The Morgan fingerprint density at radius 2 is 2.12 bits per heavy atom. The molecular formula is C10H7N5O. The van der Waals surface area contributed by atoms with E-state index in [1.807, 2.05) is 0 Å². The van der Waals surface area contributed by atoms with Gasteiger partial charge in [-0.3, -0.25) is 4.79 Å². The van der Waals surface area contributed by atoms with Crippen LogP contribution < -0.4 is 0 Å². The molecule has 78 valence electrons. The maximum atomic E-state index is 11.9. The summed E-state index contributed by atoms with van der Waals surface area (Å²) in [5, 5.41) is 14.2. The summed E-state index contributed by atoms with van der Waals surface area (Å²) in [6.45, 7) is 0. The number of aromatic nitrogens is 5. The maximum absolute atomic E-state index is 11.9. The first-order valence-corrected chi connectivity index (χ1v) is 4.69. The van der Waals surface area contributed by atoms with Gasteiger partial charge in [-0.25, -0.2) is 4.68 Å². The summed E-state index contributed by atoms with van der Waals surface area (Å²) in [5.74, 6) is -0.185. The average Bonchev–Trinajstić information content (AvgIpc) is 2.98. The number of carbonyl (C=O) groups excluding carboxylic acids is 1. The summed E-state index contributed by atoms with van der Waals surface area (Å²) in [7, 11) is 0. The molecule has 0 bridgehead atoms.